The van der Waals surface area contributed by atoms with Crippen molar-refractivity contribution in [1.29, 1.82) is 0 Å². The molecule has 1 N–H and O–H groups in total. The van der Waals surface area contributed by atoms with Gasteiger partial charge in [0.2, 0.25) is 0 Å². The number of carbonyl (C=O) groups excluding carboxylic acids is 1. The summed E-state index contributed by atoms with van der Waals surface area (Å²) in [5, 5.41) is 4.11. The fourth-order valence-corrected chi connectivity index (χ4v) is 4.35. The Morgan fingerprint density at radius 1 is 1.36 bits per heavy atom. The average molecular weight is 492 g/mol. The maximum atomic E-state index is 12.7. The summed E-state index contributed by atoms with van der Waals surface area (Å²) in [6.07, 6.45) is 2.47. The fraction of sp³-hybridized carbons (Fsp3) is 0.500. The number of likely N-dealkylation sites (tertiary alicyclic amines) is 1. The molecule has 2 heterocycles. The van der Waals surface area contributed by atoms with E-state index in [1.165, 1.54) is 24.2 Å². The summed E-state index contributed by atoms with van der Waals surface area (Å²) < 4.78 is 7.84. The number of hydrogen-bond acceptors (Lipinski definition) is 4. The molecule has 1 saturated heterocycles. The van der Waals surface area contributed by atoms with Gasteiger partial charge in [0.15, 0.2) is 5.75 Å². The van der Waals surface area contributed by atoms with Crippen LogP contribution in [0.2, 0.25) is 0 Å². The average Bonchev–Trinajstić information content (AvgIpc) is 3.26. The zero-order chi connectivity index (χ0) is 18.4. The van der Waals surface area contributed by atoms with Gasteiger partial charge in [0, 0.05) is 27.6 Å². The Hall–Kier alpha value is -0.630. The van der Waals surface area contributed by atoms with Crippen molar-refractivity contribution in [3.63, 3.8) is 0 Å². The van der Waals surface area contributed by atoms with Crippen molar-refractivity contribution in [1.82, 2.24) is 10.2 Å². The van der Waals surface area contributed by atoms with Crippen LogP contribution in [0.4, 0.5) is 0 Å². The molecule has 2 aromatic rings. The second kappa shape index (κ2) is 9.90. The Morgan fingerprint density at radius 2 is 2.04 bits per heavy atom. The van der Waals surface area contributed by atoms with E-state index in [9.17, 15) is 4.79 Å². The highest BCUT2D eigenvalue weighted by molar-refractivity contribution is 9.10. The minimum atomic E-state index is -0.0508. The van der Waals surface area contributed by atoms with Gasteiger partial charge in [0.05, 0.1) is 12.8 Å². The first-order chi connectivity index (χ1) is 12.1. The molecule has 1 aromatic carbocycles. The summed E-state index contributed by atoms with van der Waals surface area (Å²) in [5.74, 6) is 2.46. The summed E-state index contributed by atoms with van der Waals surface area (Å²) in [5.41, 5.74) is 0. The van der Waals surface area contributed by atoms with Gasteiger partial charge in [-0.15, -0.1) is 11.3 Å². The minimum Gasteiger partial charge on any atom is -0.491 e. The molecular weight excluding hydrogens is 468 g/mol. The van der Waals surface area contributed by atoms with Gasteiger partial charge in [0.1, 0.15) is 4.88 Å². The van der Waals surface area contributed by atoms with Crippen LogP contribution in [-0.4, -0.2) is 42.5 Å². The van der Waals surface area contributed by atoms with Crippen LogP contribution < -0.4 is 10.1 Å². The molecule has 25 heavy (non-hydrogen) atoms. The Labute approximate surface area is 170 Å². The van der Waals surface area contributed by atoms with E-state index < -0.39 is 0 Å². The maximum absolute atomic E-state index is 12.7. The van der Waals surface area contributed by atoms with Crippen LogP contribution in [0, 0.1) is 0 Å². The molecule has 0 saturated carbocycles. The number of benzene rings is 1. The molecule has 1 unspecified atom stereocenters. The molecule has 0 bridgehead atoms. The molecule has 7 heteroatoms. The van der Waals surface area contributed by atoms with Crippen molar-refractivity contribution in [2.75, 3.05) is 25.5 Å². The monoisotopic (exact) mass is 490 g/mol. The number of nitrogens with one attached hydrogen (secondary N) is 1. The number of carbonyl (C=O) groups is 1. The van der Waals surface area contributed by atoms with Crippen molar-refractivity contribution in [3.05, 3.63) is 27.5 Å². The Kier molecular flexibility index (Phi) is 8.19. The lowest BCUT2D eigenvalue weighted by molar-refractivity contribution is 0.0886. The summed E-state index contributed by atoms with van der Waals surface area (Å²) >= 11 is 7.92. The first-order valence-corrected chi connectivity index (χ1v) is 11.6. The number of ether oxygens (including phenoxy) is 1. The van der Waals surface area contributed by atoms with E-state index >= 15 is 0 Å². The molecule has 1 amide bonds. The van der Waals surface area contributed by atoms with E-state index in [4.69, 9.17) is 4.74 Å². The lowest BCUT2D eigenvalue weighted by atomic mass is 10.2. The zero-order valence-corrected chi connectivity index (χ0v) is 18.8. The van der Waals surface area contributed by atoms with Crippen LogP contribution in [0.3, 0.4) is 0 Å². The predicted molar refractivity (Wildman–Crippen MR) is 113 cm³/mol. The van der Waals surface area contributed by atoms with E-state index in [-0.39, 0.29) is 12.1 Å². The van der Waals surface area contributed by atoms with Crippen molar-refractivity contribution in [2.24, 2.45) is 0 Å². The van der Waals surface area contributed by atoms with Gasteiger partial charge in [0.25, 0.3) is 5.91 Å². The van der Waals surface area contributed by atoms with E-state index in [1.807, 2.05) is 37.9 Å². The minimum absolute atomic E-state index is 0.0508. The number of amides is 1. The third kappa shape index (κ3) is 4.96. The first kappa shape index (κ1) is 20.7. The first-order valence-electron chi connectivity index (χ1n) is 8.37. The highest BCUT2D eigenvalue weighted by atomic mass is 79.9. The molecule has 0 spiro atoms. The van der Waals surface area contributed by atoms with Crippen LogP contribution in [-0.2, 0) is 0 Å². The summed E-state index contributed by atoms with van der Waals surface area (Å²) in [7, 11) is 0. The number of hydrogen-bond donors (Lipinski definition) is 1. The van der Waals surface area contributed by atoms with Gasteiger partial charge in [-0.25, -0.2) is 0 Å². The molecule has 0 aliphatic carbocycles. The molecule has 1 fully saturated rings. The molecule has 1 aliphatic rings. The van der Waals surface area contributed by atoms with Gasteiger partial charge in [-0.3, -0.25) is 9.69 Å². The van der Waals surface area contributed by atoms with Gasteiger partial charge >= 0.3 is 0 Å². The third-order valence-corrected chi connectivity index (χ3v) is 5.77. The highest BCUT2D eigenvalue weighted by Crippen LogP contribution is 2.39. The van der Waals surface area contributed by atoms with Crippen LogP contribution in [0.15, 0.2) is 22.7 Å². The summed E-state index contributed by atoms with van der Waals surface area (Å²) in [4.78, 5) is 15.7. The fourth-order valence-electron chi connectivity index (χ4n) is 2.96. The molecule has 4 nitrogen and oxygen atoms in total. The molecular formula is C18H24Br2N2O2S. The number of alkyl halides is 1. The molecule has 1 aliphatic heterocycles. The number of rotatable bonds is 5. The maximum Gasteiger partial charge on any atom is 0.266 e. The lowest BCUT2D eigenvalue weighted by Gasteiger charge is -2.24. The van der Waals surface area contributed by atoms with Crippen molar-refractivity contribution in [3.8, 4) is 5.75 Å². The Morgan fingerprint density at radius 3 is 2.68 bits per heavy atom. The SMILES string of the molecule is CBr.CCOc1c(C(=O)NC(C)N2CCCC2)sc2ccc(Br)cc12. The zero-order valence-electron chi connectivity index (χ0n) is 14.8. The van der Waals surface area contributed by atoms with E-state index in [2.05, 4.69) is 42.1 Å². The quantitative estimate of drug-likeness (QED) is 0.581. The summed E-state index contributed by atoms with van der Waals surface area (Å²) in [6.45, 7) is 6.64. The smallest absolute Gasteiger partial charge is 0.266 e. The molecule has 138 valence electrons. The van der Waals surface area contributed by atoms with Crippen LogP contribution in [0.1, 0.15) is 36.4 Å². The van der Waals surface area contributed by atoms with Crippen molar-refractivity contribution < 1.29 is 9.53 Å². The largest absolute Gasteiger partial charge is 0.491 e. The van der Waals surface area contributed by atoms with Gasteiger partial charge < -0.3 is 10.1 Å². The number of halogens is 2. The van der Waals surface area contributed by atoms with Crippen molar-refractivity contribution in [2.45, 2.75) is 32.9 Å². The molecule has 3 rings (SSSR count). The molecule has 1 atom stereocenters. The third-order valence-electron chi connectivity index (χ3n) is 4.13. The Bertz CT molecular complexity index is 714. The topological polar surface area (TPSA) is 41.6 Å². The number of fused-ring (bicyclic) bond motifs is 1. The second-order valence-electron chi connectivity index (χ2n) is 5.73. The number of nitrogens with zero attached hydrogens (tertiary/aromatic N) is 1. The predicted octanol–water partition coefficient (Wildman–Crippen LogP) is 5.25. The van der Waals surface area contributed by atoms with Gasteiger partial charge in [-0.05, 0) is 50.7 Å². The van der Waals surface area contributed by atoms with Crippen LogP contribution in [0.25, 0.3) is 10.1 Å². The van der Waals surface area contributed by atoms with E-state index in [1.54, 1.807) is 0 Å². The second-order valence-corrected chi connectivity index (χ2v) is 7.69. The summed E-state index contributed by atoms with van der Waals surface area (Å²) in [6, 6.07) is 6.02. The van der Waals surface area contributed by atoms with Crippen molar-refractivity contribution >= 4 is 59.2 Å². The normalized spacial score (nSPS) is 15.6. The van der Waals surface area contributed by atoms with E-state index in [0.717, 1.165) is 27.6 Å². The number of thiophene rings is 1. The van der Waals surface area contributed by atoms with Gasteiger partial charge in [-0.1, -0.05) is 31.9 Å². The van der Waals surface area contributed by atoms with E-state index in [0.29, 0.717) is 17.2 Å². The molecule has 0 radical (unpaired) electrons. The van der Waals surface area contributed by atoms with Crippen LogP contribution in [0.5, 0.6) is 5.75 Å². The molecule has 1 aromatic heterocycles. The standard InChI is InChI=1S/C17H21BrN2O2S.CH3Br/c1-3-22-15-13-10-12(18)6-7-14(13)23-16(15)17(21)19-11(2)20-8-4-5-9-20;1-2/h6-7,10-11H,3-5,8-9H2,1-2H3,(H,19,21);1H3. The van der Waals surface area contributed by atoms with Gasteiger partial charge in [-0.2, -0.15) is 0 Å². The lowest BCUT2D eigenvalue weighted by Crippen LogP contribution is -2.44. The van der Waals surface area contributed by atoms with Crippen LogP contribution >= 0.6 is 43.2 Å². The highest BCUT2D eigenvalue weighted by Gasteiger charge is 2.24. The Balaban J connectivity index is 0.00000109.